The summed E-state index contributed by atoms with van der Waals surface area (Å²) in [7, 11) is 1.58. The van der Waals surface area contributed by atoms with Crippen LogP contribution in [0.25, 0.3) is 11.0 Å². The largest absolute Gasteiger partial charge is 0.497 e. The predicted octanol–water partition coefficient (Wildman–Crippen LogP) is 2.47. The van der Waals surface area contributed by atoms with E-state index in [-0.39, 0.29) is 23.8 Å². The van der Waals surface area contributed by atoms with Gasteiger partial charge in [-0.25, -0.2) is 9.67 Å². The number of nitrogens with zero attached hydrogens (tertiary/aromatic N) is 5. The number of nitrogens with one attached hydrogen (secondary N) is 1. The monoisotopic (exact) mass is 520 g/mol. The van der Waals surface area contributed by atoms with Crippen LogP contribution in [-0.2, 0) is 22.7 Å². The van der Waals surface area contributed by atoms with Crippen LogP contribution in [0, 0.1) is 5.92 Å². The fourth-order valence-electron chi connectivity index (χ4n) is 4.38. The first kappa shape index (κ1) is 24.5. The molecule has 190 valence electrons. The number of rotatable bonds is 8. The Hall–Kier alpha value is -4.18. The number of carbonyl (C=O) groups excluding carboxylic acids is 2. The Morgan fingerprint density at radius 1 is 1.14 bits per heavy atom. The molecule has 37 heavy (non-hydrogen) atoms. The van der Waals surface area contributed by atoms with E-state index in [9.17, 15) is 14.4 Å². The van der Waals surface area contributed by atoms with Crippen LogP contribution in [0.4, 0.5) is 5.69 Å². The van der Waals surface area contributed by atoms with Crippen molar-refractivity contribution in [3.8, 4) is 5.75 Å². The Kier molecular flexibility index (Phi) is 6.91. The molecule has 1 unspecified atom stereocenters. The SMILES string of the molecule is COc1ccc(N2CC(C(=O)NCCn3ncc4c(=O)n(Cc5ccc(Cl)cc5)cnc43)CC2=O)cc1. The van der Waals surface area contributed by atoms with Gasteiger partial charge in [0, 0.05) is 30.2 Å². The molecule has 11 heteroatoms. The molecule has 1 N–H and O–H groups in total. The van der Waals surface area contributed by atoms with Gasteiger partial charge in [0.25, 0.3) is 5.56 Å². The first-order chi connectivity index (χ1) is 17.9. The zero-order valence-electron chi connectivity index (χ0n) is 20.1. The third kappa shape index (κ3) is 5.19. The van der Waals surface area contributed by atoms with Gasteiger partial charge in [0.2, 0.25) is 11.8 Å². The molecule has 1 saturated heterocycles. The predicted molar refractivity (Wildman–Crippen MR) is 139 cm³/mol. The zero-order chi connectivity index (χ0) is 25.9. The number of aromatic nitrogens is 4. The fraction of sp³-hybridized carbons (Fsp3) is 0.269. The van der Waals surface area contributed by atoms with Crippen molar-refractivity contribution < 1.29 is 14.3 Å². The summed E-state index contributed by atoms with van der Waals surface area (Å²) >= 11 is 5.93. The highest BCUT2D eigenvalue weighted by Gasteiger charge is 2.35. The number of benzene rings is 2. The Morgan fingerprint density at radius 2 is 1.89 bits per heavy atom. The van der Waals surface area contributed by atoms with E-state index in [1.54, 1.807) is 53.1 Å². The van der Waals surface area contributed by atoms with Crippen molar-refractivity contribution in [3.05, 3.63) is 82.0 Å². The van der Waals surface area contributed by atoms with Gasteiger partial charge in [-0.2, -0.15) is 5.10 Å². The first-order valence-electron chi connectivity index (χ1n) is 11.8. The van der Waals surface area contributed by atoms with E-state index in [1.807, 2.05) is 12.1 Å². The first-order valence-corrected chi connectivity index (χ1v) is 12.2. The molecule has 2 amide bonds. The van der Waals surface area contributed by atoms with Crippen LogP contribution in [0.15, 0.2) is 65.8 Å². The molecule has 0 radical (unpaired) electrons. The molecule has 1 atom stereocenters. The minimum atomic E-state index is -0.442. The standard InChI is InChI=1S/C26H25ClN6O4/c1-37-21-8-6-20(7-9-21)32-15-18(12-23(32)34)25(35)28-10-11-33-24-22(13-30-33)26(36)31(16-29-24)14-17-2-4-19(27)5-3-17/h2-9,13,16,18H,10-12,14-15H2,1H3,(H,28,35). The number of anilines is 1. The molecule has 0 aliphatic carbocycles. The number of carbonyl (C=O) groups is 2. The third-order valence-electron chi connectivity index (χ3n) is 6.39. The zero-order valence-corrected chi connectivity index (χ0v) is 20.9. The topological polar surface area (TPSA) is 111 Å². The number of ether oxygens (including phenoxy) is 1. The number of hydrogen-bond acceptors (Lipinski definition) is 6. The molecule has 4 aromatic rings. The summed E-state index contributed by atoms with van der Waals surface area (Å²) in [6.07, 6.45) is 3.14. The van der Waals surface area contributed by atoms with Crippen LogP contribution >= 0.6 is 11.6 Å². The molecule has 5 rings (SSSR count). The van der Waals surface area contributed by atoms with E-state index >= 15 is 0 Å². The van der Waals surface area contributed by atoms with Gasteiger partial charge < -0.3 is 15.0 Å². The summed E-state index contributed by atoms with van der Waals surface area (Å²) in [6, 6.07) is 14.4. The van der Waals surface area contributed by atoms with Crippen LogP contribution < -0.4 is 20.5 Å². The highest BCUT2D eigenvalue weighted by molar-refractivity contribution is 6.30. The molecule has 10 nitrogen and oxygen atoms in total. The average molecular weight is 521 g/mol. The van der Waals surface area contributed by atoms with E-state index in [4.69, 9.17) is 16.3 Å². The lowest BCUT2D eigenvalue weighted by atomic mass is 10.1. The maximum atomic E-state index is 12.9. The van der Waals surface area contributed by atoms with Crippen molar-refractivity contribution in [2.45, 2.75) is 19.5 Å². The minimum Gasteiger partial charge on any atom is -0.497 e. The minimum absolute atomic E-state index is 0.0949. The van der Waals surface area contributed by atoms with Crippen molar-refractivity contribution in [3.63, 3.8) is 0 Å². The average Bonchev–Trinajstić information content (AvgIpc) is 3.51. The fourth-order valence-corrected chi connectivity index (χ4v) is 4.51. The summed E-state index contributed by atoms with van der Waals surface area (Å²) in [5.74, 6) is -0.0328. The smallest absolute Gasteiger partial charge is 0.264 e. The lowest BCUT2D eigenvalue weighted by molar-refractivity contribution is -0.126. The second kappa shape index (κ2) is 10.4. The Bertz CT molecular complexity index is 1500. The van der Waals surface area contributed by atoms with Gasteiger partial charge in [-0.05, 0) is 42.0 Å². The highest BCUT2D eigenvalue weighted by Crippen LogP contribution is 2.27. The van der Waals surface area contributed by atoms with Crippen molar-refractivity contribution in [2.75, 3.05) is 25.1 Å². The Labute approximate surface area is 217 Å². The van der Waals surface area contributed by atoms with Crippen molar-refractivity contribution in [1.82, 2.24) is 24.6 Å². The van der Waals surface area contributed by atoms with E-state index in [0.29, 0.717) is 48.0 Å². The molecule has 0 bridgehead atoms. The Balaban J connectivity index is 1.19. The van der Waals surface area contributed by atoms with Crippen molar-refractivity contribution in [1.29, 1.82) is 0 Å². The third-order valence-corrected chi connectivity index (χ3v) is 6.64. The molecule has 3 heterocycles. The molecular formula is C26H25ClN6O4. The summed E-state index contributed by atoms with van der Waals surface area (Å²) < 4.78 is 8.27. The highest BCUT2D eigenvalue weighted by atomic mass is 35.5. The quantitative estimate of drug-likeness (QED) is 0.382. The van der Waals surface area contributed by atoms with Gasteiger partial charge in [0.05, 0.1) is 32.3 Å². The molecule has 1 fully saturated rings. The van der Waals surface area contributed by atoms with E-state index in [2.05, 4.69) is 15.4 Å². The second-order valence-corrected chi connectivity index (χ2v) is 9.24. The molecule has 1 aliphatic heterocycles. The summed E-state index contributed by atoms with van der Waals surface area (Å²) in [5, 5.41) is 8.20. The number of fused-ring (bicyclic) bond motifs is 1. The summed E-state index contributed by atoms with van der Waals surface area (Å²) in [5.41, 5.74) is 1.92. The number of amides is 2. The van der Waals surface area contributed by atoms with Gasteiger partial charge in [-0.3, -0.25) is 19.0 Å². The molecule has 1 aliphatic rings. The van der Waals surface area contributed by atoms with Gasteiger partial charge in [-0.15, -0.1) is 0 Å². The van der Waals surface area contributed by atoms with Gasteiger partial charge >= 0.3 is 0 Å². The molecule has 0 spiro atoms. The van der Waals surface area contributed by atoms with Crippen LogP contribution in [0.2, 0.25) is 5.02 Å². The van der Waals surface area contributed by atoms with Crippen LogP contribution in [0.1, 0.15) is 12.0 Å². The van der Waals surface area contributed by atoms with Crippen molar-refractivity contribution >= 4 is 40.1 Å². The van der Waals surface area contributed by atoms with Gasteiger partial charge in [0.15, 0.2) is 5.65 Å². The molecular weight excluding hydrogens is 496 g/mol. The molecule has 2 aromatic heterocycles. The summed E-state index contributed by atoms with van der Waals surface area (Å²) in [6.45, 7) is 1.31. The second-order valence-electron chi connectivity index (χ2n) is 8.80. The normalized spacial score (nSPS) is 15.4. The number of methoxy groups -OCH3 is 1. The summed E-state index contributed by atoms with van der Waals surface area (Å²) in [4.78, 5) is 44.2. The maximum Gasteiger partial charge on any atom is 0.264 e. The molecule has 2 aromatic carbocycles. The lowest BCUT2D eigenvalue weighted by Crippen LogP contribution is -2.35. The maximum absolute atomic E-state index is 12.9. The van der Waals surface area contributed by atoms with Crippen LogP contribution in [-0.4, -0.2) is 51.3 Å². The molecule has 0 saturated carbocycles. The Morgan fingerprint density at radius 3 is 2.62 bits per heavy atom. The number of hydrogen-bond donors (Lipinski definition) is 1. The lowest BCUT2D eigenvalue weighted by Gasteiger charge is -2.17. The van der Waals surface area contributed by atoms with E-state index in [1.165, 1.54) is 17.1 Å². The van der Waals surface area contributed by atoms with Crippen LogP contribution in [0.5, 0.6) is 5.75 Å². The number of halogens is 1. The van der Waals surface area contributed by atoms with E-state index in [0.717, 1.165) is 11.3 Å². The van der Waals surface area contributed by atoms with E-state index < -0.39 is 5.92 Å². The van der Waals surface area contributed by atoms with Gasteiger partial charge in [0.1, 0.15) is 17.5 Å². The van der Waals surface area contributed by atoms with Crippen molar-refractivity contribution in [2.24, 2.45) is 5.92 Å². The van der Waals surface area contributed by atoms with Crippen LogP contribution in [0.3, 0.4) is 0 Å². The van der Waals surface area contributed by atoms with Gasteiger partial charge in [-0.1, -0.05) is 23.7 Å².